The summed E-state index contributed by atoms with van der Waals surface area (Å²) in [5.41, 5.74) is 2.76. The topological polar surface area (TPSA) is 18.5 Å². The second-order valence-electron chi connectivity index (χ2n) is 7.22. The molecule has 1 aromatic carbocycles. The molecule has 0 aromatic heterocycles. The molecule has 2 fully saturated rings. The Labute approximate surface area is 159 Å². The molecule has 140 valence electrons. The maximum atomic E-state index is 6.24. The number of rotatable bonds is 9. The maximum Gasteiger partial charge on any atom is 0.136 e. The molecule has 1 aromatic rings. The lowest BCUT2D eigenvalue weighted by molar-refractivity contribution is 0.306. The fourth-order valence-corrected chi connectivity index (χ4v) is 8.44. The molecule has 0 radical (unpaired) electrons. The van der Waals surface area contributed by atoms with Gasteiger partial charge in [-0.1, -0.05) is 13.3 Å². The summed E-state index contributed by atoms with van der Waals surface area (Å²) in [6, 6.07) is 4.63. The molecule has 0 amide bonds. The van der Waals surface area contributed by atoms with Crippen molar-refractivity contribution in [2.45, 2.75) is 57.0 Å². The number of ether oxygens (including phenoxy) is 2. The molecule has 3 rings (SSSR count). The van der Waals surface area contributed by atoms with E-state index in [0.717, 1.165) is 24.5 Å². The molecule has 25 heavy (non-hydrogen) atoms. The Hall–Kier alpha value is -0.480. The molecule has 2 aliphatic rings. The zero-order chi connectivity index (χ0) is 17.5. The van der Waals surface area contributed by atoms with Gasteiger partial charge < -0.3 is 9.47 Å². The molecule has 0 unspecified atom stereocenters. The van der Waals surface area contributed by atoms with Crippen LogP contribution in [0.5, 0.6) is 11.5 Å². The van der Waals surface area contributed by atoms with Gasteiger partial charge in [-0.15, -0.1) is 0 Å². The average Bonchev–Trinajstić information content (AvgIpc) is 3.31. The van der Waals surface area contributed by atoms with Gasteiger partial charge in [0.05, 0.1) is 13.7 Å². The predicted octanol–water partition coefficient (Wildman–Crippen LogP) is 4.70. The van der Waals surface area contributed by atoms with E-state index in [2.05, 4.69) is 19.1 Å². The van der Waals surface area contributed by atoms with Crippen molar-refractivity contribution in [2.75, 3.05) is 36.7 Å². The summed E-state index contributed by atoms with van der Waals surface area (Å²) >= 11 is 0. The van der Waals surface area contributed by atoms with Crippen LogP contribution in [-0.2, 0) is 33.3 Å². The minimum absolute atomic E-state index is 0.549. The highest BCUT2D eigenvalue weighted by Gasteiger charge is 2.29. The van der Waals surface area contributed by atoms with Gasteiger partial charge in [-0.05, 0) is 66.0 Å². The van der Waals surface area contributed by atoms with Crippen LogP contribution >= 0.6 is 0 Å². The number of unbranched alkanes of at least 4 members (excludes halogenated alkanes) is 1. The highest BCUT2D eigenvalue weighted by atomic mass is 32.2. The lowest BCUT2D eigenvalue weighted by Gasteiger charge is -2.16. The van der Waals surface area contributed by atoms with Crippen molar-refractivity contribution in [3.05, 3.63) is 23.3 Å². The molecule has 0 bridgehead atoms. The fraction of sp³-hybridized carbons (Fsp3) is 0.714. The summed E-state index contributed by atoms with van der Waals surface area (Å²) in [4.78, 5) is 0. The normalized spacial score (nSPS) is 18.8. The third kappa shape index (κ3) is 5.50. The van der Waals surface area contributed by atoms with Gasteiger partial charge >= 0.3 is 0 Å². The van der Waals surface area contributed by atoms with E-state index in [1.807, 2.05) is 7.11 Å². The van der Waals surface area contributed by atoms with Crippen molar-refractivity contribution in [1.29, 1.82) is 0 Å². The molecular formula is C21H34O2S2+2. The standard InChI is InChI=1S/C21H34O2S2/c1-3-4-9-23-21-15-18(16-24-10-5-6-11-24)20(22-2)14-19(21)17-25-12-7-8-13-25/h14-15H,3-13,16-17H2,1-2H3/q+2. The number of hydrogen-bond acceptors (Lipinski definition) is 2. The van der Waals surface area contributed by atoms with Crippen LogP contribution in [0.25, 0.3) is 0 Å². The van der Waals surface area contributed by atoms with Gasteiger partial charge in [-0.2, -0.15) is 0 Å². The Kier molecular flexibility index (Phi) is 7.72. The highest BCUT2D eigenvalue weighted by molar-refractivity contribution is 7.96. The first-order valence-electron chi connectivity index (χ1n) is 9.91. The van der Waals surface area contributed by atoms with Crippen LogP contribution in [0.1, 0.15) is 56.6 Å². The molecule has 0 N–H and O–H groups in total. The lowest BCUT2D eigenvalue weighted by atomic mass is 10.1. The quantitative estimate of drug-likeness (QED) is 0.455. The fourth-order valence-electron chi connectivity index (χ4n) is 3.68. The van der Waals surface area contributed by atoms with Crippen LogP contribution in [0.3, 0.4) is 0 Å². The average molecular weight is 383 g/mol. The number of hydrogen-bond donors (Lipinski definition) is 0. The zero-order valence-electron chi connectivity index (χ0n) is 16.0. The summed E-state index contributed by atoms with van der Waals surface area (Å²) in [6.45, 7) is 3.07. The van der Waals surface area contributed by atoms with E-state index in [-0.39, 0.29) is 0 Å². The van der Waals surface area contributed by atoms with E-state index in [0.29, 0.717) is 21.8 Å². The van der Waals surface area contributed by atoms with E-state index in [4.69, 9.17) is 9.47 Å². The number of benzene rings is 1. The summed E-state index contributed by atoms with van der Waals surface area (Å²) in [6.07, 6.45) is 7.96. The first-order valence-corrected chi connectivity index (χ1v) is 13.4. The second kappa shape index (κ2) is 10.0. The van der Waals surface area contributed by atoms with Crippen LogP contribution in [-0.4, -0.2) is 36.7 Å². The highest BCUT2D eigenvalue weighted by Crippen LogP contribution is 2.34. The van der Waals surface area contributed by atoms with E-state index >= 15 is 0 Å². The molecule has 0 saturated carbocycles. The first kappa shape index (κ1) is 19.3. The van der Waals surface area contributed by atoms with Gasteiger partial charge in [0.15, 0.2) is 0 Å². The summed E-state index contributed by atoms with van der Waals surface area (Å²) < 4.78 is 12.0. The Morgan fingerprint density at radius 1 is 0.840 bits per heavy atom. The van der Waals surface area contributed by atoms with Gasteiger partial charge in [0.25, 0.3) is 0 Å². The molecule has 0 spiro atoms. The largest absolute Gasteiger partial charge is 0.496 e. The van der Waals surface area contributed by atoms with E-state index in [9.17, 15) is 0 Å². The SMILES string of the molecule is CCCCOc1cc(C[S+]2CCCC2)c(OC)cc1C[S+]1CCCC1. The second-order valence-corrected chi connectivity index (χ2v) is 11.9. The predicted molar refractivity (Wildman–Crippen MR) is 113 cm³/mol. The Morgan fingerprint density at radius 3 is 1.88 bits per heavy atom. The van der Waals surface area contributed by atoms with Gasteiger partial charge in [-0.3, -0.25) is 0 Å². The first-order chi connectivity index (χ1) is 12.3. The van der Waals surface area contributed by atoms with Crippen molar-refractivity contribution in [3.8, 4) is 11.5 Å². The molecule has 4 heteroatoms. The van der Waals surface area contributed by atoms with Crippen molar-refractivity contribution >= 4 is 21.8 Å². The minimum atomic E-state index is 0.549. The molecule has 0 atom stereocenters. The Morgan fingerprint density at radius 2 is 1.36 bits per heavy atom. The zero-order valence-corrected chi connectivity index (χ0v) is 17.6. The third-order valence-electron chi connectivity index (χ3n) is 5.17. The van der Waals surface area contributed by atoms with Gasteiger partial charge in [-0.25, -0.2) is 0 Å². The van der Waals surface area contributed by atoms with Gasteiger partial charge in [0.1, 0.15) is 46.0 Å². The van der Waals surface area contributed by atoms with Crippen molar-refractivity contribution in [1.82, 2.24) is 0 Å². The summed E-state index contributed by atoms with van der Waals surface area (Å²) in [5, 5.41) is 0. The molecule has 2 nitrogen and oxygen atoms in total. The Bertz CT molecular complexity index is 535. The minimum Gasteiger partial charge on any atom is -0.496 e. The van der Waals surface area contributed by atoms with Crippen LogP contribution in [0.2, 0.25) is 0 Å². The monoisotopic (exact) mass is 382 g/mol. The molecule has 2 aliphatic heterocycles. The van der Waals surface area contributed by atoms with E-state index in [1.165, 1.54) is 77.7 Å². The summed E-state index contributed by atoms with van der Waals surface area (Å²) in [5.74, 6) is 10.2. The number of methoxy groups -OCH3 is 1. The molecule has 2 saturated heterocycles. The van der Waals surface area contributed by atoms with Crippen LogP contribution < -0.4 is 9.47 Å². The van der Waals surface area contributed by atoms with Crippen LogP contribution in [0.15, 0.2) is 12.1 Å². The van der Waals surface area contributed by atoms with E-state index < -0.39 is 0 Å². The maximum absolute atomic E-state index is 6.24. The van der Waals surface area contributed by atoms with Gasteiger partial charge in [0.2, 0.25) is 0 Å². The summed E-state index contributed by atoms with van der Waals surface area (Å²) in [7, 11) is 2.93. The lowest BCUT2D eigenvalue weighted by Crippen LogP contribution is -2.12. The van der Waals surface area contributed by atoms with Crippen molar-refractivity contribution in [3.63, 3.8) is 0 Å². The van der Waals surface area contributed by atoms with Gasteiger partial charge in [0, 0.05) is 11.1 Å². The van der Waals surface area contributed by atoms with Crippen molar-refractivity contribution in [2.24, 2.45) is 0 Å². The third-order valence-corrected chi connectivity index (χ3v) is 10.1. The van der Waals surface area contributed by atoms with Crippen LogP contribution in [0.4, 0.5) is 0 Å². The molecular weight excluding hydrogens is 348 g/mol. The van der Waals surface area contributed by atoms with E-state index in [1.54, 1.807) is 0 Å². The van der Waals surface area contributed by atoms with Crippen molar-refractivity contribution < 1.29 is 9.47 Å². The Balaban J connectivity index is 1.80. The van der Waals surface area contributed by atoms with Crippen LogP contribution in [0, 0.1) is 0 Å². The molecule has 2 heterocycles. The smallest absolute Gasteiger partial charge is 0.136 e. The molecule has 0 aliphatic carbocycles.